The number of benzene rings is 2. The molecule has 3 heterocycles. The molecule has 0 unspecified atom stereocenters. The standard InChI is InChI=1S/C28H32N4OS/c1-28(2,26-11-7-8-16-29-26)27-30-24-19-22(31(3)34-23-9-5-4-6-10-23)12-13-25(24)32(27)20-21-14-17-33-18-15-21/h4-13,16,19,21H,14-15,17-18,20H2,1-3H3. The number of fused-ring (bicyclic) bond motifs is 1. The fraction of sp³-hybridized carbons (Fsp3) is 0.357. The molecule has 176 valence electrons. The lowest BCUT2D eigenvalue weighted by Gasteiger charge is -2.28. The van der Waals surface area contributed by atoms with Crippen LogP contribution in [0.2, 0.25) is 0 Å². The van der Waals surface area contributed by atoms with Crippen LogP contribution in [0.15, 0.2) is 77.8 Å². The highest BCUT2D eigenvalue weighted by Crippen LogP contribution is 2.36. The van der Waals surface area contributed by atoms with E-state index in [1.54, 1.807) is 11.9 Å². The molecule has 1 saturated heterocycles. The van der Waals surface area contributed by atoms with E-state index < -0.39 is 0 Å². The van der Waals surface area contributed by atoms with Gasteiger partial charge in [-0.1, -0.05) is 24.3 Å². The average molecular weight is 473 g/mol. The lowest BCUT2D eigenvalue weighted by molar-refractivity contribution is 0.0611. The molecule has 0 saturated carbocycles. The van der Waals surface area contributed by atoms with Crippen molar-refractivity contribution in [1.82, 2.24) is 14.5 Å². The molecule has 0 atom stereocenters. The van der Waals surface area contributed by atoms with E-state index in [0.29, 0.717) is 5.92 Å². The molecule has 34 heavy (non-hydrogen) atoms. The molecular formula is C28H32N4OS. The van der Waals surface area contributed by atoms with Gasteiger partial charge in [0.25, 0.3) is 0 Å². The second-order valence-corrected chi connectivity index (χ2v) is 10.7. The van der Waals surface area contributed by atoms with Crippen molar-refractivity contribution in [2.45, 2.75) is 43.5 Å². The Hall–Kier alpha value is -2.83. The first kappa shape index (κ1) is 22.9. The molecular weight excluding hydrogens is 440 g/mol. The van der Waals surface area contributed by atoms with Gasteiger partial charge in [-0.05, 0) is 87.0 Å². The summed E-state index contributed by atoms with van der Waals surface area (Å²) in [5.41, 5.74) is 4.09. The van der Waals surface area contributed by atoms with Crippen molar-refractivity contribution in [1.29, 1.82) is 0 Å². The Labute approximate surface area is 206 Å². The Morgan fingerprint density at radius 1 is 1.03 bits per heavy atom. The summed E-state index contributed by atoms with van der Waals surface area (Å²) in [5, 5.41) is 0. The van der Waals surface area contributed by atoms with Crippen molar-refractivity contribution in [2.24, 2.45) is 5.92 Å². The van der Waals surface area contributed by atoms with Crippen LogP contribution in [0.4, 0.5) is 5.69 Å². The SMILES string of the molecule is CN(Sc1ccccc1)c1ccc2c(c1)nc(C(C)(C)c1ccccn1)n2CC1CCOCC1. The highest BCUT2D eigenvalue weighted by atomic mass is 32.2. The third-order valence-corrected chi connectivity index (χ3v) is 7.69. The number of anilines is 1. The molecule has 0 aliphatic carbocycles. The Kier molecular flexibility index (Phi) is 6.61. The van der Waals surface area contributed by atoms with Crippen molar-refractivity contribution >= 4 is 28.7 Å². The van der Waals surface area contributed by atoms with E-state index in [9.17, 15) is 0 Å². The molecule has 5 rings (SSSR count). The summed E-state index contributed by atoms with van der Waals surface area (Å²) >= 11 is 1.72. The van der Waals surface area contributed by atoms with E-state index in [1.807, 2.05) is 18.3 Å². The van der Waals surface area contributed by atoms with E-state index in [1.165, 1.54) is 10.4 Å². The Balaban J connectivity index is 1.54. The van der Waals surface area contributed by atoms with Gasteiger partial charge in [-0.15, -0.1) is 0 Å². The van der Waals surface area contributed by atoms with Crippen molar-refractivity contribution in [2.75, 3.05) is 24.6 Å². The van der Waals surface area contributed by atoms with Crippen LogP contribution in [-0.2, 0) is 16.7 Å². The summed E-state index contributed by atoms with van der Waals surface area (Å²) in [4.78, 5) is 11.1. The van der Waals surface area contributed by atoms with Gasteiger partial charge in [0.05, 0.1) is 22.1 Å². The Bertz CT molecular complexity index is 1230. The summed E-state index contributed by atoms with van der Waals surface area (Å²) in [6, 6.07) is 23.2. The summed E-state index contributed by atoms with van der Waals surface area (Å²) in [5.74, 6) is 1.67. The van der Waals surface area contributed by atoms with Crippen LogP contribution in [0.3, 0.4) is 0 Å². The van der Waals surface area contributed by atoms with Gasteiger partial charge in [-0.25, -0.2) is 4.98 Å². The van der Waals surface area contributed by atoms with E-state index in [4.69, 9.17) is 14.7 Å². The molecule has 4 aromatic rings. The molecule has 2 aromatic heterocycles. The first-order valence-electron chi connectivity index (χ1n) is 12.0. The van der Waals surface area contributed by atoms with Crippen molar-refractivity contribution in [3.8, 4) is 0 Å². The molecule has 0 amide bonds. The van der Waals surface area contributed by atoms with Crippen molar-refractivity contribution in [3.05, 3.63) is 84.4 Å². The van der Waals surface area contributed by atoms with Crippen LogP contribution < -0.4 is 4.31 Å². The summed E-state index contributed by atoms with van der Waals surface area (Å²) in [6.07, 6.45) is 4.06. The molecule has 5 nitrogen and oxygen atoms in total. The molecule has 1 fully saturated rings. The minimum atomic E-state index is -0.309. The number of pyridine rings is 1. The van der Waals surface area contributed by atoms with Crippen LogP contribution in [0, 0.1) is 5.92 Å². The largest absolute Gasteiger partial charge is 0.381 e. The second-order valence-electron chi connectivity index (χ2n) is 9.52. The molecule has 1 aliphatic rings. The quantitative estimate of drug-likeness (QED) is 0.294. The zero-order valence-corrected chi connectivity index (χ0v) is 21.0. The van der Waals surface area contributed by atoms with Gasteiger partial charge in [0.1, 0.15) is 5.82 Å². The van der Waals surface area contributed by atoms with E-state index in [2.05, 4.69) is 84.4 Å². The molecule has 6 heteroatoms. The topological polar surface area (TPSA) is 43.2 Å². The first-order chi connectivity index (χ1) is 16.5. The van der Waals surface area contributed by atoms with Gasteiger partial charge in [0.2, 0.25) is 0 Å². The maximum atomic E-state index is 5.62. The minimum Gasteiger partial charge on any atom is -0.381 e. The van der Waals surface area contributed by atoms with Crippen LogP contribution in [-0.4, -0.2) is 34.8 Å². The highest BCUT2D eigenvalue weighted by molar-refractivity contribution is 8.00. The molecule has 2 aromatic carbocycles. The van der Waals surface area contributed by atoms with Gasteiger partial charge in [0, 0.05) is 43.6 Å². The number of nitrogens with zero attached hydrogens (tertiary/aromatic N) is 4. The summed E-state index contributed by atoms with van der Waals surface area (Å²) in [6.45, 7) is 7.12. The smallest absolute Gasteiger partial charge is 0.121 e. The van der Waals surface area contributed by atoms with Crippen LogP contribution in [0.5, 0.6) is 0 Å². The fourth-order valence-corrected chi connectivity index (χ4v) is 5.52. The number of ether oxygens (including phenoxy) is 1. The van der Waals surface area contributed by atoms with Gasteiger partial charge in [-0.3, -0.25) is 4.98 Å². The average Bonchev–Trinajstić information content (AvgIpc) is 3.24. The zero-order chi connectivity index (χ0) is 23.5. The van der Waals surface area contributed by atoms with E-state index in [0.717, 1.165) is 55.3 Å². The fourth-order valence-electron chi connectivity index (χ4n) is 4.70. The minimum absolute atomic E-state index is 0.309. The first-order valence-corrected chi connectivity index (χ1v) is 12.8. The van der Waals surface area contributed by atoms with Crippen LogP contribution in [0.1, 0.15) is 38.2 Å². The van der Waals surface area contributed by atoms with Crippen LogP contribution in [0.25, 0.3) is 11.0 Å². The van der Waals surface area contributed by atoms with Gasteiger partial charge >= 0.3 is 0 Å². The predicted octanol–water partition coefficient (Wildman–Crippen LogP) is 6.33. The number of hydrogen-bond donors (Lipinski definition) is 0. The normalized spacial score (nSPS) is 15.0. The Morgan fingerprint density at radius 3 is 2.53 bits per heavy atom. The van der Waals surface area contributed by atoms with Crippen molar-refractivity contribution in [3.63, 3.8) is 0 Å². The van der Waals surface area contributed by atoms with Crippen molar-refractivity contribution < 1.29 is 4.74 Å². The molecule has 0 radical (unpaired) electrons. The van der Waals surface area contributed by atoms with Gasteiger partial charge < -0.3 is 13.6 Å². The molecule has 0 bridgehead atoms. The maximum absolute atomic E-state index is 5.62. The lowest BCUT2D eigenvalue weighted by atomic mass is 9.87. The second kappa shape index (κ2) is 9.80. The third-order valence-electron chi connectivity index (χ3n) is 6.73. The molecule has 0 spiro atoms. The third kappa shape index (κ3) is 4.70. The molecule has 0 N–H and O–H groups in total. The van der Waals surface area contributed by atoms with E-state index >= 15 is 0 Å². The van der Waals surface area contributed by atoms with Gasteiger partial charge in [0.15, 0.2) is 0 Å². The summed E-state index contributed by atoms with van der Waals surface area (Å²) < 4.78 is 10.3. The number of aromatic nitrogens is 3. The monoisotopic (exact) mass is 472 g/mol. The maximum Gasteiger partial charge on any atom is 0.121 e. The van der Waals surface area contributed by atoms with Gasteiger partial charge in [-0.2, -0.15) is 0 Å². The number of rotatable bonds is 7. The Morgan fingerprint density at radius 2 is 1.79 bits per heavy atom. The number of hydrogen-bond acceptors (Lipinski definition) is 5. The highest BCUT2D eigenvalue weighted by Gasteiger charge is 2.32. The molecule has 1 aliphatic heterocycles. The number of imidazole rings is 1. The lowest BCUT2D eigenvalue weighted by Crippen LogP contribution is -2.28. The summed E-state index contributed by atoms with van der Waals surface area (Å²) in [7, 11) is 2.11. The predicted molar refractivity (Wildman–Crippen MR) is 140 cm³/mol. The van der Waals surface area contributed by atoms with E-state index in [-0.39, 0.29) is 5.41 Å². The van der Waals surface area contributed by atoms with Crippen LogP contribution >= 0.6 is 11.9 Å². The zero-order valence-electron chi connectivity index (χ0n) is 20.1.